The van der Waals surface area contributed by atoms with Gasteiger partial charge in [-0.2, -0.15) is 0 Å². The van der Waals surface area contributed by atoms with Gasteiger partial charge in [-0.3, -0.25) is 28.9 Å². The van der Waals surface area contributed by atoms with Gasteiger partial charge >= 0.3 is 6.03 Å². The summed E-state index contributed by atoms with van der Waals surface area (Å²) in [7, 11) is 0. The molecule has 4 N–H and O–H groups in total. The number of nitrogens with one attached hydrogen (secondary N) is 4. The van der Waals surface area contributed by atoms with Gasteiger partial charge < -0.3 is 26.2 Å². The maximum Gasteiger partial charge on any atom is 0.315 e. The van der Waals surface area contributed by atoms with E-state index in [1.807, 2.05) is 71.9 Å². The van der Waals surface area contributed by atoms with E-state index in [0.717, 1.165) is 42.8 Å². The lowest BCUT2D eigenvalue weighted by atomic mass is 9.85. The number of piperidine rings is 1. The second-order valence-corrected chi connectivity index (χ2v) is 17.6. The molecule has 14 heteroatoms. The molecule has 2 fully saturated rings. The number of likely N-dealkylation sites (tertiary alicyclic amines) is 1. The van der Waals surface area contributed by atoms with Crippen molar-refractivity contribution >= 4 is 46.7 Å². The zero-order valence-corrected chi connectivity index (χ0v) is 33.9. The molecule has 4 rings (SSSR count). The van der Waals surface area contributed by atoms with Crippen molar-refractivity contribution in [2.24, 2.45) is 11.3 Å². The molecule has 0 spiro atoms. The monoisotopic (exact) mass is 765 g/mol. The molecule has 0 aliphatic carbocycles. The molecule has 54 heavy (non-hydrogen) atoms. The molecular formula is C40H59N7O6S. The number of ketones is 2. The van der Waals surface area contributed by atoms with Gasteiger partial charge in [-0.25, -0.2) is 9.78 Å². The van der Waals surface area contributed by atoms with Crippen molar-refractivity contribution < 1.29 is 28.8 Å². The Morgan fingerprint density at radius 2 is 1.67 bits per heavy atom. The van der Waals surface area contributed by atoms with Crippen molar-refractivity contribution in [3.8, 4) is 10.4 Å². The smallest absolute Gasteiger partial charge is 0.315 e. The third kappa shape index (κ3) is 11.2. The summed E-state index contributed by atoms with van der Waals surface area (Å²) in [6.07, 6.45) is 4.74. The van der Waals surface area contributed by atoms with Crippen LogP contribution in [0, 0.1) is 11.3 Å². The fourth-order valence-corrected chi connectivity index (χ4v) is 8.03. The van der Waals surface area contributed by atoms with Crippen LogP contribution >= 0.6 is 11.3 Å². The van der Waals surface area contributed by atoms with Gasteiger partial charge in [-0.1, -0.05) is 65.0 Å². The number of Topliss-reactive ketones (excluding diaryl/α,β-unsaturated/α-hetero) is 2. The second-order valence-electron chi connectivity index (χ2n) is 16.6. The fraction of sp³-hybridized carbons (Fsp3) is 0.625. The number of carbonyl (C=O) groups is 6. The van der Waals surface area contributed by atoms with E-state index in [1.54, 1.807) is 6.20 Å². The van der Waals surface area contributed by atoms with E-state index in [1.165, 1.54) is 4.90 Å². The first-order valence-corrected chi connectivity index (χ1v) is 20.1. The van der Waals surface area contributed by atoms with Crippen LogP contribution in [0.25, 0.3) is 10.4 Å². The lowest BCUT2D eigenvalue weighted by Crippen LogP contribution is -2.61. The van der Waals surface area contributed by atoms with Crippen LogP contribution in [0.15, 0.2) is 36.5 Å². The molecule has 1 aromatic carbocycles. The number of hydrogen-bond acceptors (Lipinski definition) is 9. The summed E-state index contributed by atoms with van der Waals surface area (Å²) in [5.74, 6) is -3.54. The maximum absolute atomic E-state index is 14.6. The standard InChI is InChI=1S/C40H59N7O6S/c1-9-19-46(20-10-2)27-22-29(47(24-27)37(52)33(39(3,4)5)44-38(53)45-40(6,7)8)35(51)43-28(21-26-17-14-18-41-34(26)50)31(48)32(49)36-42-23-30(54-36)25-15-12-11-13-16-25/h11-13,15-16,23,26-29,33H,9-10,14,17-22,24H2,1-8H3,(H,41,50)(H,43,51)(H2,44,45,53)/t26?,27-,28?,29?,33-/m1/s1. The highest BCUT2D eigenvalue weighted by molar-refractivity contribution is 7.17. The van der Waals surface area contributed by atoms with E-state index in [4.69, 9.17) is 0 Å². The summed E-state index contributed by atoms with van der Waals surface area (Å²) < 4.78 is 0. The van der Waals surface area contributed by atoms with Gasteiger partial charge in [0.2, 0.25) is 23.5 Å². The van der Waals surface area contributed by atoms with Crippen LogP contribution < -0.4 is 21.3 Å². The SMILES string of the molecule is CCCN(CCC)[C@@H]1CC(C(=O)NC(CC2CCCNC2=O)C(=O)C(=O)c2ncc(-c3ccccc3)s2)N(C(=O)[C@@H](NC(=O)NC(C)(C)C)C(C)(C)C)C1. The van der Waals surface area contributed by atoms with Crippen molar-refractivity contribution in [2.75, 3.05) is 26.2 Å². The highest BCUT2D eigenvalue weighted by Gasteiger charge is 2.47. The lowest BCUT2D eigenvalue weighted by molar-refractivity contribution is -0.142. The summed E-state index contributed by atoms with van der Waals surface area (Å²) in [5, 5.41) is 11.4. The number of hydrogen-bond donors (Lipinski definition) is 4. The van der Waals surface area contributed by atoms with E-state index in [0.29, 0.717) is 30.7 Å². The minimum atomic E-state index is -1.32. The highest BCUT2D eigenvalue weighted by atomic mass is 32.1. The molecule has 0 bridgehead atoms. The van der Waals surface area contributed by atoms with E-state index in [9.17, 15) is 28.8 Å². The van der Waals surface area contributed by atoms with Gasteiger partial charge in [0.1, 0.15) is 12.1 Å². The molecule has 0 saturated carbocycles. The van der Waals surface area contributed by atoms with Crippen LogP contribution in [0.5, 0.6) is 0 Å². The van der Waals surface area contributed by atoms with Gasteiger partial charge in [0.15, 0.2) is 5.01 Å². The molecule has 13 nitrogen and oxygen atoms in total. The molecule has 2 saturated heterocycles. The molecule has 5 amide bonds. The number of amides is 5. The normalized spacial score (nSPS) is 20.2. The van der Waals surface area contributed by atoms with Crippen LogP contribution in [0.4, 0.5) is 4.79 Å². The van der Waals surface area contributed by atoms with Crippen molar-refractivity contribution in [1.82, 2.24) is 36.1 Å². The molecule has 0 radical (unpaired) electrons. The number of benzene rings is 1. The Hall–Kier alpha value is -4.17. The molecule has 2 aliphatic rings. The highest BCUT2D eigenvalue weighted by Crippen LogP contribution is 2.30. The molecule has 3 heterocycles. The Balaban J connectivity index is 1.66. The first kappa shape index (κ1) is 42.6. The predicted molar refractivity (Wildman–Crippen MR) is 210 cm³/mol. The lowest BCUT2D eigenvalue weighted by Gasteiger charge is -2.36. The first-order valence-electron chi connectivity index (χ1n) is 19.2. The third-order valence-corrected chi connectivity index (χ3v) is 10.9. The molecule has 2 aliphatic heterocycles. The van der Waals surface area contributed by atoms with Crippen molar-refractivity contribution in [3.63, 3.8) is 0 Å². The molecule has 5 atom stereocenters. The largest absolute Gasteiger partial charge is 0.356 e. The number of urea groups is 1. The van der Waals surface area contributed by atoms with Crippen molar-refractivity contribution in [3.05, 3.63) is 41.5 Å². The number of rotatable bonds is 15. The van der Waals surface area contributed by atoms with Crippen LogP contribution in [-0.2, 0) is 19.2 Å². The molecule has 1 aromatic heterocycles. The zero-order chi connectivity index (χ0) is 39.8. The van der Waals surface area contributed by atoms with E-state index in [-0.39, 0.29) is 29.9 Å². The maximum atomic E-state index is 14.6. The average molecular weight is 766 g/mol. The number of thiazole rings is 1. The van der Waals surface area contributed by atoms with Gasteiger partial charge in [0, 0.05) is 36.8 Å². The van der Waals surface area contributed by atoms with Crippen LogP contribution in [0.1, 0.15) is 104 Å². The van der Waals surface area contributed by atoms with E-state index in [2.05, 4.69) is 45.0 Å². The molecular weight excluding hydrogens is 707 g/mol. The Morgan fingerprint density at radius 3 is 2.26 bits per heavy atom. The minimum Gasteiger partial charge on any atom is -0.356 e. The van der Waals surface area contributed by atoms with Crippen molar-refractivity contribution in [2.45, 2.75) is 124 Å². The predicted octanol–water partition coefficient (Wildman–Crippen LogP) is 4.57. The summed E-state index contributed by atoms with van der Waals surface area (Å²) in [6, 6.07) is 5.44. The minimum absolute atomic E-state index is 0.00803. The Bertz CT molecular complexity index is 1640. The molecule has 2 aromatic rings. The van der Waals surface area contributed by atoms with Gasteiger partial charge in [-0.15, -0.1) is 11.3 Å². The number of nitrogens with zero attached hydrogens (tertiary/aromatic N) is 3. The number of aromatic nitrogens is 1. The molecule has 3 unspecified atom stereocenters. The van der Waals surface area contributed by atoms with Crippen LogP contribution in [0.2, 0.25) is 0 Å². The Labute approximate surface area is 323 Å². The van der Waals surface area contributed by atoms with Crippen molar-refractivity contribution in [1.29, 1.82) is 0 Å². The van der Waals surface area contributed by atoms with E-state index >= 15 is 0 Å². The number of carbonyl (C=O) groups excluding carboxylic acids is 6. The Morgan fingerprint density at radius 1 is 1.00 bits per heavy atom. The van der Waals surface area contributed by atoms with Gasteiger partial charge in [-0.05, 0) is 83.4 Å². The quantitative estimate of drug-likeness (QED) is 0.151. The summed E-state index contributed by atoms with van der Waals surface area (Å²) in [5.41, 5.74) is -0.415. The molecule has 296 valence electrons. The fourth-order valence-electron chi connectivity index (χ4n) is 7.17. The second kappa shape index (κ2) is 18.4. The van der Waals surface area contributed by atoms with E-state index < -0.39 is 64.4 Å². The summed E-state index contributed by atoms with van der Waals surface area (Å²) >= 11 is 1.09. The summed E-state index contributed by atoms with van der Waals surface area (Å²) in [6.45, 7) is 17.6. The third-order valence-electron chi connectivity index (χ3n) is 9.81. The van der Waals surface area contributed by atoms with Crippen LogP contribution in [-0.4, -0.2) is 106 Å². The van der Waals surface area contributed by atoms with Gasteiger partial charge in [0.05, 0.1) is 10.9 Å². The Kier molecular flexibility index (Phi) is 14.5. The topological polar surface area (TPSA) is 170 Å². The van der Waals surface area contributed by atoms with Gasteiger partial charge in [0.25, 0.3) is 5.78 Å². The van der Waals surface area contributed by atoms with Crippen LogP contribution in [0.3, 0.4) is 0 Å². The average Bonchev–Trinajstić information content (AvgIpc) is 3.78. The first-order chi connectivity index (χ1) is 25.4. The zero-order valence-electron chi connectivity index (χ0n) is 33.1. The summed E-state index contributed by atoms with van der Waals surface area (Å²) in [4.78, 5) is 91.7.